The van der Waals surface area contributed by atoms with Crippen LogP contribution >= 0.6 is 0 Å². The summed E-state index contributed by atoms with van der Waals surface area (Å²) in [4.78, 5) is 29.7. The molecule has 5 nitrogen and oxygen atoms in total. The number of imide groups is 1. The highest BCUT2D eigenvalue weighted by atomic mass is 19.1. The van der Waals surface area contributed by atoms with Crippen LogP contribution in [0.25, 0.3) is 5.57 Å². The van der Waals surface area contributed by atoms with E-state index in [1.165, 1.54) is 18.2 Å². The Morgan fingerprint density at radius 2 is 1.70 bits per heavy atom. The molecule has 0 spiro atoms. The van der Waals surface area contributed by atoms with Crippen molar-refractivity contribution in [2.75, 3.05) is 24.6 Å². The van der Waals surface area contributed by atoms with Gasteiger partial charge < -0.3 is 9.64 Å². The van der Waals surface area contributed by atoms with Crippen LogP contribution in [0.3, 0.4) is 0 Å². The summed E-state index contributed by atoms with van der Waals surface area (Å²) in [6, 6.07) is 12.8. The van der Waals surface area contributed by atoms with Gasteiger partial charge in [0.2, 0.25) is 0 Å². The number of carbonyl (C=O) groups is 2. The lowest BCUT2D eigenvalue weighted by Crippen LogP contribution is -2.34. The van der Waals surface area contributed by atoms with Crippen LogP contribution in [0.4, 0.5) is 10.1 Å². The first-order valence-corrected chi connectivity index (χ1v) is 10.3. The van der Waals surface area contributed by atoms with Gasteiger partial charge in [0.05, 0.1) is 17.9 Å². The zero-order chi connectivity index (χ0) is 21.3. The lowest BCUT2D eigenvalue weighted by molar-refractivity contribution is -0.120. The summed E-state index contributed by atoms with van der Waals surface area (Å²) in [6.07, 6.45) is 1.94. The molecule has 0 saturated carbocycles. The van der Waals surface area contributed by atoms with Crippen LogP contribution in [0.15, 0.2) is 54.2 Å². The van der Waals surface area contributed by atoms with E-state index in [0.29, 0.717) is 29.4 Å². The second kappa shape index (κ2) is 8.30. The summed E-state index contributed by atoms with van der Waals surface area (Å²) in [5.41, 5.74) is 1.67. The van der Waals surface area contributed by atoms with Crippen LogP contribution < -0.4 is 9.64 Å². The molecule has 0 radical (unpaired) electrons. The molecule has 2 aliphatic rings. The Kier molecular flexibility index (Phi) is 5.57. The average molecular weight is 408 g/mol. The lowest BCUT2D eigenvalue weighted by Gasteiger charge is -2.20. The van der Waals surface area contributed by atoms with Gasteiger partial charge >= 0.3 is 0 Å². The molecule has 0 unspecified atom stereocenters. The van der Waals surface area contributed by atoms with Crippen molar-refractivity contribution in [1.29, 1.82) is 0 Å². The summed E-state index contributed by atoms with van der Waals surface area (Å²) in [5.74, 6) is -0.195. The maximum absolute atomic E-state index is 13.8. The number of amides is 2. The molecule has 2 aliphatic heterocycles. The van der Waals surface area contributed by atoms with Gasteiger partial charge in [0.1, 0.15) is 17.3 Å². The fraction of sp³-hybridized carbons (Fsp3) is 0.333. The van der Waals surface area contributed by atoms with Crippen molar-refractivity contribution < 1.29 is 18.7 Å². The van der Waals surface area contributed by atoms with Gasteiger partial charge in [-0.05, 0) is 54.7 Å². The third-order valence-corrected chi connectivity index (χ3v) is 5.27. The SMILES string of the molecule is CC(C)COc1ccc(C2=C(N3CCCC3)C(=O)N(c3cccc(F)c3)C2=O)cc1. The fourth-order valence-electron chi connectivity index (χ4n) is 3.84. The Balaban J connectivity index is 1.72. The van der Waals surface area contributed by atoms with E-state index in [4.69, 9.17) is 4.74 Å². The van der Waals surface area contributed by atoms with E-state index in [2.05, 4.69) is 13.8 Å². The molecule has 156 valence electrons. The van der Waals surface area contributed by atoms with Crippen LogP contribution in [-0.2, 0) is 9.59 Å². The number of halogens is 1. The van der Waals surface area contributed by atoms with Gasteiger partial charge in [-0.15, -0.1) is 0 Å². The normalized spacial score (nSPS) is 16.9. The first-order chi connectivity index (χ1) is 14.5. The summed E-state index contributed by atoms with van der Waals surface area (Å²) in [7, 11) is 0. The minimum Gasteiger partial charge on any atom is -0.493 e. The number of hydrogen-bond donors (Lipinski definition) is 0. The molecule has 30 heavy (non-hydrogen) atoms. The summed E-state index contributed by atoms with van der Waals surface area (Å²) in [5, 5.41) is 0. The lowest BCUT2D eigenvalue weighted by atomic mass is 10.0. The Morgan fingerprint density at radius 3 is 2.33 bits per heavy atom. The van der Waals surface area contributed by atoms with E-state index in [1.54, 1.807) is 18.2 Å². The molecule has 1 saturated heterocycles. The van der Waals surface area contributed by atoms with Crippen molar-refractivity contribution in [3.63, 3.8) is 0 Å². The summed E-state index contributed by atoms with van der Waals surface area (Å²) in [6.45, 7) is 6.21. The van der Waals surface area contributed by atoms with Crippen LogP contribution in [-0.4, -0.2) is 36.4 Å². The highest BCUT2D eigenvalue weighted by molar-refractivity contribution is 6.45. The van der Waals surface area contributed by atoms with E-state index in [1.807, 2.05) is 17.0 Å². The van der Waals surface area contributed by atoms with Crippen molar-refractivity contribution in [2.45, 2.75) is 26.7 Å². The molecule has 0 aliphatic carbocycles. The van der Waals surface area contributed by atoms with E-state index in [-0.39, 0.29) is 5.69 Å². The molecule has 0 aromatic heterocycles. The Morgan fingerprint density at radius 1 is 1.00 bits per heavy atom. The number of benzene rings is 2. The van der Waals surface area contributed by atoms with Gasteiger partial charge in [-0.25, -0.2) is 9.29 Å². The van der Waals surface area contributed by atoms with Crippen LogP contribution in [0.1, 0.15) is 32.3 Å². The van der Waals surface area contributed by atoms with Crippen LogP contribution in [0, 0.1) is 11.7 Å². The van der Waals surface area contributed by atoms with Crippen molar-refractivity contribution in [1.82, 2.24) is 4.90 Å². The molecule has 2 aromatic carbocycles. The van der Waals surface area contributed by atoms with E-state index in [0.717, 1.165) is 36.6 Å². The van der Waals surface area contributed by atoms with Crippen molar-refractivity contribution in [3.8, 4) is 5.75 Å². The van der Waals surface area contributed by atoms with Gasteiger partial charge in [-0.2, -0.15) is 0 Å². The number of likely N-dealkylation sites (tertiary alicyclic amines) is 1. The van der Waals surface area contributed by atoms with Gasteiger partial charge in [0.15, 0.2) is 0 Å². The smallest absolute Gasteiger partial charge is 0.282 e. The molecule has 0 bridgehead atoms. The van der Waals surface area contributed by atoms with E-state index in [9.17, 15) is 14.0 Å². The monoisotopic (exact) mass is 408 g/mol. The molecule has 0 N–H and O–H groups in total. The average Bonchev–Trinajstić information content (AvgIpc) is 3.33. The quantitative estimate of drug-likeness (QED) is 0.671. The number of ether oxygens (including phenoxy) is 1. The molecule has 1 fully saturated rings. The molecule has 2 amide bonds. The molecule has 6 heteroatoms. The van der Waals surface area contributed by atoms with Gasteiger partial charge in [0, 0.05) is 13.1 Å². The second-order valence-corrected chi connectivity index (χ2v) is 8.07. The number of hydrogen-bond acceptors (Lipinski definition) is 4. The largest absolute Gasteiger partial charge is 0.493 e. The predicted molar refractivity (Wildman–Crippen MR) is 113 cm³/mol. The maximum Gasteiger partial charge on any atom is 0.282 e. The molecule has 2 heterocycles. The molecule has 4 rings (SSSR count). The minimum absolute atomic E-state index is 0.244. The highest BCUT2D eigenvalue weighted by Crippen LogP contribution is 2.36. The van der Waals surface area contributed by atoms with Crippen molar-refractivity contribution >= 4 is 23.1 Å². The summed E-state index contributed by atoms with van der Waals surface area (Å²) < 4.78 is 19.5. The van der Waals surface area contributed by atoms with Gasteiger partial charge in [-0.3, -0.25) is 9.59 Å². The van der Waals surface area contributed by atoms with Gasteiger partial charge in [0.25, 0.3) is 11.8 Å². The third kappa shape index (κ3) is 3.82. The Labute approximate surface area is 175 Å². The standard InChI is InChI=1S/C24H25FN2O3/c1-16(2)15-30-20-10-8-17(9-11-20)21-22(26-12-3-4-13-26)24(29)27(23(21)28)19-7-5-6-18(25)14-19/h5-11,14,16H,3-4,12-13,15H2,1-2H3. The van der Waals surface area contributed by atoms with Gasteiger partial charge in [-0.1, -0.05) is 32.0 Å². The zero-order valence-electron chi connectivity index (χ0n) is 17.2. The third-order valence-electron chi connectivity index (χ3n) is 5.27. The Hall–Kier alpha value is -3.15. The number of nitrogens with zero attached hydrogens (tertiary/aromatic N) is 2. The van der Waals surface area contributed by atoms with Crippen molar-refractivity contribution in [2.24, 2.45) is 5.92 Å². The zero-order valence-corrected chi connectivity index (χ0v) is 17.2. The summed E-state index contributed by atoms with van der Waals surface area (Å²) >= 11 is 0. The Bertz CT molecular complexity index is 992. The first-order valence-electron chi connectivity index (χ1n) is 10.3. The van der Waals surface area contributed by atoms with Crippen molar-refractivity contribution in [3.05, 3.63) is 65.6 Å². The molecular weight excluding hydrogens is 383 g/mol. The topological polar surface area (TPSA) is 49.9 Å². The first kappa shape index (κ1) is 20.1. The minimum atomic E-state index is -0.490. The second-order valence-electron chi connectivity index (χ2n) is 8.07. The molecular formula is C24H25FN2O3. The number of rotatable bonds is 6. The molecule has 0 atom stereocenters. The number of anilines is 1. The predicted octanol–water partition coefficient (Wildman–Crippen LogP) is 4.24. The highest BCUT2D eigenvalue weighted by Gasteiger charge is 2.43. The number of carbonyl (C=O) groups excluding carboxylic acids is 2. The van der Waals surface area contributed by atoms with E-state index >= 15 is 0 Å². The van der Waals surface area contributed by atoms with Crippen LogP contribution in [0.5, 0.6) is 5.75 Å². The maximum atomic E-state index is 13.8. The van der Waals surface area contributed by atoms with E-state index < -0.39 is 17.6 Å². The van der Waals surface area contributed by atoms with Crippen LogP contribution in [0.2, 0.25) is 0 Å². The molecule has 2 aromatic rings. The fourth-order valence-corrected chi connectivity index (χ4v) is 3.84.